The summed E-state index contributed by atoms with van der Waals surface area (Å²) in [5, 5.41) is 5.38. The highest BCUT2D eigenvalue weighted by molar-refractivity contribution is 7.84. The number of amides is 2. The number of carbonyl (C=O) groups is 2. The average molecular weight is 372 g/mol. The summed E-state index contributed by atoms with van der Waals surface area (Å²) in [6.07, 6.45) is 1.57. The summed E-state index contributed by atoms with van der Waals surface area (Å²) in [5.74, 6) is -1.24. The largest absolute Gasteiger partial charge is 0.340 e. The van der Waals surface area contributed by atoms with Gasteiger partial charge in [-0.15, -0.1) is 0 Å². The predicted octanol–water partition coefficient (Wildman–Crippen LogP) is 2.79. The highest BCUT2D eigenvalue weighted by Crippen LogP contribution is 2.22. The molecule has 0 fully saturated rings. The van der Waals surface area contributed by atoms with Crippen LogP contribution >= 0.6 is 0 Å². The first-order valence-electron chi connectivity index (χ1n) is 8.32. The first-order valence-corrected chi connectivity index (χ1v) is 10.1. The van der Waals surface area contributed by atoms with Gasteiger partial charge >= 0.3 is 11.8 Å². The second-order valence-electron chi connectivity index (χ2n) is 6.40. The van der Waals surface area contributed by atoms with Crippen molar-refractivity contribution < 1.29 is 13.8 Å². The lowest BCUT2D eigenvalue weighted by Gasteiger charge is -2.18. The fourth-order valence-corrected chi connectivity index (χ4v) is 3.66. The summed E-state index contributed by atoms with van der Waals surface area (Å²) < 4.78 is 11.7. The Labute approximate surface area is 156 Å². The van der Waals surface area contributed by atoms with E-state index in [4.69, 9.17) is 0 Å². The van der Waals surface area contributed by atoms with E-state index in [1.54, 1.807) is 6.26 Å². The Kier molecular flexibility index (Phi) is 6.69. The maximum Gasteiger partial charge on any atom is 0.313 e. The van der Waals surface area contributed by atoms with Gasteiger partial charge in [-0.1, -0.05) is 48.0 Å². The third-order valence-corrected chi connectivity index (χ3v) is 4.83. The van der Waals surface area contributed by atoms with E-state index in [1.165, 1.54) is 0 Å². The molecule has 2 amide bonds. The van der Waals surface area contributed by atoms with Crippen molar-refractivity contribution in [2.75, 3.05) is 17.3 Å². The smallest absolute Gasteiger partial charge is 0.313 e. The van der Waals surface area contributed by atoms with E-state index in [-0.39, 0.29) is 5.75 Å². The Hall–Kier alpha value is -2.47. The monoisotopic (exact) mass is 372 g/mol. The van der Waals surface area contributed by atoms with E-state index >= 15 is 0 Å². The molecule has 0 bridgehead atoms. The molecular weight excluding hydrogens is 348 g/mol. The maximum atomic E-state index is 12.4. The van der Waals surface area contributed by atoms with Crippen molar-refractivity contribution in [2.45, 2.75) is 26.8 Å². The standard InChI is InChI=1S/C20H24N2O3S/c1-13-10-14(2)18(15(3)11-13)22-20(24)19(23)21-17(12-26(4)25)16-8-6-5-7-9-16/h5-11,17H,12H2,1-4H3,(H,21,23)(H,22,24)/t17-,26+/m1/s1. The third-order valence-electron chi connectivity index (χ3n) is 4.03. The summed E-state index contributed by atoms with van der Waals surface area (Å²) in [6, 6.07) is 12.6. The van der Waals surface area contributed by atoms with Crippen molar-refractivity contribution in [3.8, 4) is 0 Å². The fraction of sp³-hybridized carbons (Fsp3) is 0.300. The number of aryl methyl sites for hydroxylation is 3. The number of hydrogen-bond acceptors (Lipinski definition) is 3. The van der Waals surface area contributed by atoms with Gasteiger partial charge in [0.15, 0.2) is 0 Å². The minimum atomic E-state index is -1.12. The van der Waals surface area contributed by atoms with Crippen LogP contribution in [0.25, 0.3) is 0 Å². The summed E-state index contributed by atoms with van der Waals surface area (Å²) in [5.41, 5.74) is 4.35. The normalized spacial score (nSPS) is 12.9. The number of nitrogens with one attached hydrogen (secondary N) is 2. The number of hydrogen-bond donors (Lipinski definition) is 2. The molecule has 5 nitrogen and oxygen atoms in total. The highest BCUT2D eigenvalue weighted by atomic mass is 32.2. The van der Waals surface area contributed by atoms with Crippen LogP contribution in [0.15, 0.2) is 42.5 Å². The van der Waals surface area contributed by atoms with Crippen LogP contribution in [0.2, 0.25) is 0 Å². The number of benzene rings is 2. The zero-order valence-corrected chi connectivity index (χ0v) is 16.3. The number of rotatable bonds is 5. The average Bonchev–Trinajstić information content (AvgIpc) is 2.57. The van der Waals surface area contributed by atoms with E-state index in [2.05, 4.69) is 10.6 Å². The molecule has 0 saturated carbocycles. The predicted molar refractivity (Wildman–Crippen MR) is 106 cm³/mol. The summed E-state index contributed by atoms with van der Waals surface area (Å²) >= 11 is 0. The Balaban J connectivity index is 2.14. The van der Waals surface area contributed by atoms with Gasteiger partial charge in [0.2, 0.25) is 0 Å². The van der Waals surface area contributed by atoms with Gasteiger partial charge in [0.1, 0.15) is 0 Å². The fourth-order valence-electron chi connectivity index (χ4n) is 2.91. The third kappa shape index (κ3) is 5.26. The molecule has 0 saturated heterocycles. The Morgan fingerprint density at radius 3 is 2.12 bits per heavy atom. The van der Waals surface area contributed by atoms with Crippen LogP contribution < -0.4 is 10.6 Å². The summed E-state index contributed by atoms with van der Waals surface area (Å²) in [7, 11) is -1.12. The van der Waals surface area contributed by atoms with Gasteiger partial charge in [-0.05, 0) is 37.5 Å². The van der Waals surface area contributed by atoms with Crippen LogP contribution in [-0.4, -0.2) is 28.0 Å². The Morgan fingerprint density at radius 1 is 1.00 bits per heavy atom. The lowest BCUT2D eigenvalue weighted by molar-refractivity contribution is -0.136. The Morgan fingerprint density at radius 2 is 1.58 bits per heavy atom. The molecule has 26 heavy (non-hydrogen) atoms. The van der Waals surface area contributed by atoms with Crippen molar-refractivity contribution in [3.63, 3.8) is 0 Å². The van der Waals surface area contributed by atoms with Gasteiger partial charge in [0, 0.05) is 28.5 Å². The minimum absolute atomic E-state index is 0.242. The maximum absolute atomic E-state index is 12.4. The number of anilines is 1. The second-order valence-corrected chi connectivity index (χ2v) is 7.88. The molecule has 0 spiro atoms. The van der Waals surface area contributed by atoms with Gasteiger partial charge in [-0.25, -0.2) is 0 Å². The molecule has 0 unspecified atom stereocenters. The topological polar surface area (TPSA) is 75.3 Å². The zero-order valence-electron chi connectivity index (χ0n) is 15.5. The van der Waals surface area contributed by atoms with Gasteiger partial charge in [0.05, 0.1) is 6.04 Å². The summed E-state index contributed by atoms with van der Waals surface area (Å²) in [6.45, 7) is 5.76. The van der Waals surface area contributed by atoms with Crippen LogP contribution in [0.5, 0.6) is 0 Å². The molecule has 0 heterocycles. The van der Waals surface area contributed by atoms with Crippen LogP contribution in [0, 0.1) is 20.8 Å². The minimum Gasteiger partial charge on any atom is -0.340 e. The molecule has 138 valence electrons. The molecule has 0 aliphatic rings. The van der Waals surface area contributed by atoms with Crippen molar-refractivity contribution in [2.24, 2.45) is 0 Å². The molecule has 6 heteroatoms. The van der Waals surface area contributed by atoms with E-state index in [0.717, 1.165) is 22.3 Å². The van der Waals surface area contributed by atoms with Gasteiger partial charge in [0.25, 0.3) is 0 Å². The molecular formula is C20H24N2O3S. The quantitative estimate of drug-likeness (QED) is 0.793. The van der Waals surface area contributed by atoms with E-state index in [9.17, 15) is 13.8 Å². The summed E-state index contributed by atoms with van der Waals surface area (Å²) in [4.78, 5) is 24.7. The SMILES string of the molecule is Cc1cc(C)c(NC(=O)C(=O)N[C@H](C[S@](C)=O)c2ccccc2)c(C)c1. The van der Waals surface area contributed by atoms with Crippen molar-refractivity contribution in [1.82, 2.24) is 5.32 Å². The molecule has 0 aliphatic heterocycles. The van der Waals surface area contributed by atoms with Crippen LogP contribution in [0.1, 0.15) is 28.3 Å². The molecule has 0 aromatic heterocycles. The first-order chi connectivity index (χ1) is 12.3. The van der Waals surface area contributed by atoms with E-state index < -0.39 is 28.7 Å². The molecule has 2 atom stereocenters. The Bertz CT molecular complexity index is 811. The van der Waals surface area contributed by atoms with Crippen molar-refractivity contribution in [3.05, 3.63) is 64.7 Å². The second kappa shape index (κ2) is 8.76. The molecule has 2 aromatic rings. The van der Waals surface area contributed by atoms with Crippen LogP contribution in [0.4, 0.5) is 5.69 Å². The van der Waals surface area contributed by atoms with Crippen LogP contribution in [0.3, 0.4) is 0 Å². The van der Waals surface area contributed by atoms with Crippen molar-refractivity contribution in [1.29, 1.82) is 0 Å². The molecule has 2 rings (SSSR count). The lowest BCUT2D eigenvalue weighted by atomic mass is 10.1. The van der Waals surface area contributed by atoms with Crippen molar-refractivity contribution >= 4 is 28.3 Å². The van der Waals surface area contributed by atoms with E-state index in [0.29, 0.717) is 5.69 Å². The molecule has 2 aromatic carbocycles. The zero-order chi connectivity index (χ0) is 19.3. The van der Waals surface area contributed by atoms with Crippen LogP contribution in [-0.2, 0) is 20.4 Å². The van der Waals surface area contributed by atoms with E-state index in [1.807, 2.05) is 63.2 Å². The van der Waals surface area contributed by atoms with Gasteiger partial charge < -0.3 is 10.6 Å². The molecule has 2 N–H and O–H groups in total. The highest BCUT2D eigenvalue weighted by Gasteiger charge is 2.22. The molecule has 0 aliphatic carbocycles. The van der Waals surface area contributed by atoms with Gasteiger partial charge in [-0.2, -0.15) is 0 Å². The first kappa shape index (κ1) is 19.8. The lowest BCUT2D eigenvalue weighted by Crippen LogP contribution is -2.39. The molecule has 0 radical (unpaired) electrons. The number of carbonyl (C=O) groups excluding carboxylic acids is 2. The van der Waals surface area contributed by atoms with Gasteiger partial charge in [-0.3, -0.25) is 13.8 Å².